The van der Waals surface area contributed by atoms with Crippen LogP contribution in [0.2, 0.25) is 0 Å². The minimum atomic E-state index is -0.564. The van der Waals surface area contributed by atoms with Crippen LogP contribution in [0.3, 0.4) is 0 Å². The minimum absolute atomic E-state index is 0.142. The zero-order valence-corrected chi connectivity index (χ0v) is 12.8. The molecule has 0 aromatic heterocycles. The number of nitrogens with zero attached hydrogens (tertiary/aromatic N) is 1. The molecule has 0 unspecified atom stereocenters. The monoisotopic (exact) mass is 344 g/mol. The van der Waals surface area contributed by atoms with Crippen LogP contribution in [0.25, 0.3) is 0 Å². The van der Waals surface area contributed by atoms with Crippen molar-refractivity contribution in [2.24, 2.45) is 0 Å². The zero-order chi connectivity index (χ0) is 15.0. The van der Waals surface area contributed by atoms with Crippen molar-refractivity contribution in [2.45, 2.75) is 19.3 Å². The number of amides is 1. The van der Waals surface area contributed by atoms with Crippen molar-refractivity contribution in [3.63, 3.8) is 0 Å². The third-order valence-electron chi connectivity index (χ3n) is 2.73. The molecule has 0 heterocycles. The summed E-state index contributed by atoms with van der Waals surface area (Å²) in [6.07, 6.45) is 2.97. The van der Waals surface area contributed by atoms with Gasteiger partial charge in [-0.25, -0.2) is 0 Å². The first-order valence-electron chi connectivity index (χ1n) is 6.26. The quantitative estimate of drug-likeness (QED) is 0.340. The first-order valence-corrected chi connectivity index (χ1v) is 7.39. The summed E-state index contributed by atoms with van der Waals surface area (Å²) in [5.74, 6) is -0.168. The molecule has 1 aromatic rings. The van der Waals surface area contributed by atoms with Crippen molar-refractivity contribution in [3.8, 4) is 5.75 Å². The predicted octanol–water partition coefficient (Wildman–Crippen LogP) is 2.90. The van der Waals surface area contributed by atoms with Gasteiger partial charge in [-0.1, -0.05) is 22.4 Å². The average Bonchev–Trinajstić information content (AvgIpc) is 2.46. The number of ether oxygens (including phenoxy) is 1. The van der Waals surface area contributed by atoms with E-state index >= 15 is 0 Å². The number of hydrogen-bond donors (Lipinski definition) is 1. The molecule has 0 aliphatic carbocycles. The summed E-state index contributed by atoms with van der Waals surface area (Å²) in [6, 6.07) is 4.17. The lowest BCUT2D eigenvalue weighted by molar-refractivity contribution is -0.385. The van der Waals surface area contributed by atoms with Crippen LogP contribution in [0.4, 0.5) is 5.69 Å². The Bertz CT molecular complexity index is 479. The molecule has 1 N–H and O–H groups in total. The number of unbranched alkanes of at least 4 members (excludes halogenated alkanes) is 2. The van der Waals surface area contributed by atoms with Crippen LogP contribution in [0.15, 0.2) is 18.2 Å². The number of hydrogen-bond acceptors (Lipinski definition) is 4. The van der Waals surface area contributed by atoms with E-state index in [0.29, 0.717) is 6.54 Å². The molecular formula is C13H17BrN2O4. The second-order valence-corrected chi connectivity index (χ2v) is 4.94. The third-order valence-corrected chi connectivity index (χ3v) is 3.29. The molecule has 0 bridgehead atoms. The minimum Gasteiger partial charge on any atom is -0.490 e. The molecule has 1 amide bonds. The number of benzene rings is 1. The molecule has 1 rings (SSSR count). The molecule has 110 valence electrons. The Kier molecular flexibility index (Phi) is 7.00. The van der Waals surface area contributed by atoms with E-state index in [1.54, 1.807) is 0 Å². The van der Waals surface area contributed by atoms with Crippen molar-refractivity contribution in [1.29, 1.82) is 0 Å². The van der Waals surface area contributed by atoms with E-state index < -0.39 is 4.92 Å². The molecule has 0 saturated heterocycles. The Labute approximate surface area is 125 Å². The fourth-order valence-electron chi connectivity index (χ4n) is 1.67. The number of halogens is 1. The largest absolute Gasteiger partial charge is 0.490 e. The van der Waals surface area contributed by atoms with Gasteiger partial charge in [0, 0.05) is 23.5 Å². The highest BCUT2D eigenvalue weighted by molar-refractivity contribution is 9.09. The van der Waals surface area contributed by atoms with E-state index in [-0.39, 0.29) is 22.9 Å². The highest BCUT2D eigenvalue weighted by Crippen LogP contribution is 2.27. The maximum atomic E-state index is 11.9. The number of rotatable bonds is 8. The second-order valence-electron chi connectivity index (χ2n) is 4.15. The van der Waals surface area contributed by atoms with E-state index in [9.17, 15) is 14.9 Å². The maximum Gasteiger partial charge on any atom is 0.311 e. The number of methoxy groups -OCH3 is 1. The highest BCUT2D eigenvalue weighted by Gasteiger charge is 2.17. The Hall–Kier alpha value is -1.63. The fraction of sp³-hybridized carbons (Fsp3) is 0.462. The van der Waals surface area contributed by atoms with Gasteiger partial charge < -0.3 is 10.1 Å². The van der Waals surface area contributed by atoms with Gasteiger partial charge in [0.1, 0.15) is 0 Å². The number of nitro benzene ring substituents is 1. The van der Waals surface area contributed by atoms with Crippen molar-refractivity contribution < 1.29 is 14.5 Å². The lowest BCUT2D eigenvalue weighted by Gasteiger charge is -2.06. The van der Waals surface area contributed by atoms with Crippen LogP contribution >= 0.6 is 15.9 Å². The lowest BCUT2D eigenvalue weighted by Crippen LogP contribution is -2.24. The fourth-order valence-corrected chi connectivity index (χ4v) is 2.07. The molecule has 0 spiro atoms. The summed E-state index contributed by atoms with van der Waals surface area (Å²) in [7, 11) is 1.35. The molecule has 0 saturated carbocycles. The van der Waals surface area contributed by atoms with Gasteiger partial charge in [-0.2, -0.15) is 0 Å². The summed E-state index contributed by atoms with van der Waals surface area (Å²) in [4.78, 5) is 22.2. The molecule has 20 heavy (non-hydrogen) atoms. The SMILES string of the molecule is COc1ccc(C(=O)NCCCCCBr)cc1[N+](=O)[O-]. The summed E-state index contributed by atoms with van der Waals surface area (Å²) < 4.78 is 4.89. The van der Waals surface area contributed by atoms with Crippen LogP contribution in [-0.2, 0) is 0 Å². The number of nitrogens with one attached hydrogen (secondary N) is 1. The molecule has 7 heteroatoms. The molecule has 0 aliphatic rings. The van der Waals surface area contributed by atoms with Gasteiger partial charge in [0.05, 0.1) is 12.0 Å². The molecule has 0 aliphatic heterocycles. The molecular weight excluding hydrogens is 328 g/mol. The van der Waals surface area contributed by atoms with Crippen molar-refractivity contribution >= 4 is 27.5 Å². The van der Waals surface area contributed by atoms with Crippen LogP contribution < -0.4 is 10.1 Å². The van der Waals surface area contributed by atoms with Gasteiger partial charge in [-0.05, 0) is 25.0 Å². The molecule has 1 aromatic carbocycles. The second kappa shape index (κ2) is 8.52. The summed E-state index contributed by atoms with van der Waals surface area (Å²) >= 11 is 3.34. The molecule has 0 radical (unpaired) electrons. The number of carbonyl (C=O) groups excluding carboxylic acids is 1. The van der Waals surface area contributed by atoms with Crippen LogP contribution in [-0.4, -0.2) is 29.8 Å². The topological polar surface area (TPSA) is 81.5 Å². The number of nitro groups is 1. The van der Waals surface area contributed by atoms with Crippen molar-refractivity contribution in [1.82, 2.24) is 5.32 Å². The maximum absolute atomic E-state index is 11.9. The third kappa shape index (κ3) is 4.80. The van der Waals surface area contributed by atoms with E-state index in [0.717, 1.165) is 24.6 Å². The summed E-state index contributed by atoms with van der Waals surface area (Å²) in [6.45, 7) is 0.561. The Balaban J connectivity index is 2.64. The van der Waals surface area contributed by atoms with Gasteiger partial charge in [-0.3, -0.25) is 14.9 Å². The van der Waals surface area contributed by atoms with Crippen molar-refractivity contribution in [2.75, 3.05) is 19.0 Å². The Morgan fingerprint density at radius 2 is 2.15 bits per heavy atom. The van der Waals surface area contributed by atoms with Gasteiger partial charge in [-0.15, -0.1) is 0 Å². The first kappa shape index (κ1) is 16.4. The van der Waals surface area contributed by atoms with Gasteiger partial charge in [0.25, 0.3) is 5.91 Å². The molecule has 0 fully saturated rings. The van der Waals surface area contributed by atoms with Crippen LogP contribution in [0.5, 0.6) is 5.75 Å². The normalized spacial score (nSPS) is 10.1. The highest BCUT2D eigenvalue weighted by atomic mass is 79.9. The van der Waals surface area contributed by atoms with Gasteiger partial charge in [0.15, 0.2) is 5.75 Å². The van der Waals surface area contributed by atoms with Gasteiger partial charge in [0.2, 0.25) is 0 Å². The number of alkyl halides is 1. The average molecular weight is 345 g/mol. The molecule has 6 nitrogen and oxygen atoms in total. The smallest absolute Gasteiger partial charge is 0.311 e. The molecule has 0 atom stereocenters. The van der Waals surface area contributed by atoms with E-state index in [1.165, 1.54) is 25.3 Å². The lowest BCUT2D eigenvalue weighted by atomic mass is 10.1. The summed E-state index contributed by atoms with van der Waals surface area (Å²) in [5.41, 5.74) is 0.0532. The van der Waals surface area contributed by atoms with E-state index in [2.05, 4.69) is 21.2 Å². The first-order chi connectivity index (χ1) is 9.60. The predicted molar refractivity (Wildman–Crippen MR) is 79.6 cm³/mol. The van der Waals surface area contributed by atoms with Crippen LogP contribution in [0.1, 0.15) is 29.6 Å². The number of carbonyl (C=O) groups is 1. The van der Waals surface area contributed by atoms with Gasteiger partial charge >= 0.3 is 5.69 Å². The van der Waals surface area contributed by atoms with E-state index in [4.69, 9.17) is 4.74 Å². The van der Waals surface area contributed by atoms with Crippen molar-refractivity contribution in [3.05, 3.63) is 33.9 Å². The zero-order valence-electron chi connectivity index (χ0n) is 11.2. The Morgan fingerprint density at radius 1 is 1.40 bits per heavy atom. The van der Waals surface area contributed by atoms with Crippen LogP contribution in [0, 0.1) is 10.1 Å². The Morgan fingerprint density at radius 3 is 2.75 bits per heavy atom. The standard InChI is InChI=1S/C13H17BrN2O4/c1-20-12-6-5-10(9-11(12)16(18)19)13(17)15-8-4-2-3-7-14/h5-6,9H,2-4,7-8H2,1H3,(H,15,17). The summed E-state index contributed by atoms with van der Waals surface area (Å²) in [5, 5.41) is 14.6. The van der Waals surface area contributed by atoms with E-state index in [1.807, 2.05) is 0 Å².